The van der Waals surface area contributed by atoms with E-state index in [4.69, 9.17) is 10.3 Å². The lowest BCUT2D eigenvalue weighted by Gasteiger charge is -1.93. The van der Waals surface area contributed by atoms with Gasteiger partial charge >= 0.3 is 0 Å². The number of nitrogen functional groups attached to an aromatic ring is 1. The van der Waals surface area contributed by atoms with Crippen molar-refractivity contribution in [1.29, 1.82) is 0 Å². The summed E-state index contributed by atoms with van der Waals surface area (Å²) in [6, 6.07) is 3.54. The van der Waals surface area contributed by atoms with Gasteiger partial charge in [0.25, 0.3) is 5.89 Å². The van der Waals surface area contributed by atoms with Crippen LogP contribution in [0.15, 0.2) is 22.9 Å². The first kappa shape index (κ1) is 8.40. The third-order valence-corrected chi connectivity index (χ3v) is 2.42. The summed E-state index contributed by atoms with van der Waals surface area (Å²) >= 11 is 0. The third-order valence-electron chi connectivity index (χ3n) is 2.42. The number of rotatable bonds is 2. The number of hydrogen-bond acceptors (Lipinski definition) is 5. The summed E-state index contributed by atoms with van der Waals surface area (Å²) in [5, 5.41) is 3.93. The van der Waals surface area contributed by atoms with E-state index in [9.17, 15) is 0 Å². The Morgan fingerprint density at radius 2 is 2.20 bits per heavy atom. The van der Waals surface area contributed by atoms with Crippen molar-refractivity contribution >= 4 is 5.82 Å². The van der Waals surface area contributed by atoms with Crippen molar-refractivity contribution in [2.75, 3.05) is 5.73 Å². The van der Waals surface area contributed by atoms with Crippen LogP contribution in [-0.4, -0.2) is 15.1 Å². The molecular formula is C10H10N4O. The van der Waals surface area contributed by atoms with E-state index in [0.717, 1.165) is 11.4 Å². The van der Waals surface area contributed by atoms with Gasteiger partial charge in [-0.3, -0.25) is 0 Å². The quantitative estimate of drug-likeness (QED) is 0.800. The fourth-order valence-electron chi connectivity index (χ4n) is 1.39. The summed E-state index contributed by atoms with van der Waals surface area (Å²) in [5.41, 5.74) is 6.30. The average Bonchev–Trinajstić information content (AvgIpc) is 2.99. The number of nitrogens with two attached hydrogens (primary N) is 1. The molecule has 2 aromatic heterocycles. The second kappa shape index (κ2) is 3.05. The molecule has 3 rings (SSSR count). The van der Waals surface area contributed by atoms with E-state index >= 15 is 0 Å². The molecule has 76 valence electrons. The fourth-order valence-corrected chi connectivity index (χ4v) is 1.39. The molecule has 0 unspecified atom stereocenters. The van der Waals surface area contributed by atoms with E-state index < -0.39 is 0 Å². The lowest BCUT2D eigenvalue weighted by atomic mass is 10.3. The molecule has 1 saturated carbocycles. The van der Waals surface area contributed by atoms with E-state index in [-0.39, 0.29) is 0 Å². The Hall–Kier alpha value is -1.91. The molecule has 0 atom stereocenters. The normalized spacial score (nSPS) is 15.5. The number of aromatic nitrogens is 3. The minimum Gasteiger partial charge on any atom is -0.384 e. The summed E-state index contributed by atoms with van der Waals surface area (Å²) in [6.07, 6.45) is 3.97. The molecule has 0 bridgehead atoms. The van der Waals surface area contributed by atoms with Crippen molar-refractivity contribution < 1.29 is 4.52 Å². The minimum absolute atomic E-state index is 0.487. The van der Waals surface area contributed by atoms with Gasteiger partial charge in [0.05, 0.1) is 5.56 Å². The van der Waals surface area contributed by atoms with Crippen LogP contribution in [0.2, 0.25) is 0 Å². The lowest BCUT2D eigenvalue weighted by molar-refractivity contribution is 0.422. The summed E-state index contributed by atoms with van der Waals surface area (Å²) in [6.45, 7) is 0. The summed E-state index contributed by atoms with van der Waals surface area (Å²) in [7, 11) is 0. The Kier molecular flexibility index (Phi) is 1.71. The Bertz CT molecular complexity index is 472. The zero-order valence-corrected chi connectivity index (χ0v) is 8.05. The van der Waals surface area contributed by atoms with E-state index in [2.05, 4.69) is 15.1 Å². The standard InChI is InChI=1S/C10H10N4O/c11-8-4-3-7(5-12-8)10-13-9(14-15-10)6-1-2-6/h3-6H,1-2H2,(H2,11,12). The monoisotopic (exact) mass is 202 g/mol. The molecule has 0 saturated heterocycles. The van der Waals surface area contributed by atoms with Gasteiger partial charge in [-0.2, -0.15) is 4.98 Å². The maximum Gasteiger partial charge on any atom is 0.259 e. The molecule has 2 aromatic rings. The highest BCUT2D eigenvalue weighted by molar-refractivity contribution is 5.53. The van der Waals surface area contributed by atoms with Gasteiger partial charge in [-0.05, 0) is 25.0 Å². The Labute approximate surface area is 86.3 Å². The first-order chi connectivity index (χ1) is 7.33. The van der Waals surface area contributed by atoms with Crippen molar-refractivity contribution in [2.45, 2.75) is 18.8 Å². The second-order valence-corrected chi connectivity index (χ2v) is 3.70. The lowest BCUT2D eigenvalue weighted by Crippen LogP contribution is -1.89. The van der Waals surface area contributed by atoms with E-state index in [1.807, 2.05) is 6.07 Å². The Morgan fingerprint density at radius 3 is 2.87 bits per heavy atom. The molecule has 1 aliphatic rings. The summed E-state index contributed by atoms with van der Waals surface area (Å²) in [5.74, 6) is 2.32. The summed E-state index contributed by atoms with van der Waals surface area (Å²) < 4.78 is 5.15. The van der Waals surface area contributed by atoms with Gasteiger partial charge in [0, 0.05) is 12.1 Å². The third kappa shape index (κ3) is 1.56. The topological polar surface area (TPSA) is 77.8 Å². The van der Waals surface area contributed by atoms with Gasteiger partial charge in [-0.1, -0.05) is 5.16 Å². The van der Waals surface area contributed by atoms with Crippen LogP contribution < -0.4 is 5.73 Å². The van der Waals surface area contributed by atoms with Crippen LogP contribution in [0.25, 0.3) is 11.5 Å². The van der Waals surface area contributed by atoms with E-state index in [1.54, 1.807) is 12.3 Å². The van der Waals surface area contributed by atoms with Crippen molar-refractivity contribution in [2.24, 2.45) is 0 Å². The molecule has 0 aliphatic heterocycles. The van der Waals surface area contributed by atoms with Crippen LogP contribution in [0.4, 0.5) is 5.82 Å². The van der Waals surface area contributed by atoms with Gasteiger partial charge in [0.15, 0.2) is 5.82 Å². The van der Waals surface area contributed by atoms with Gasteiger partial charge in [-0.25, -0.2) is 4.98 Å². The number of anilines is 1. The van der Waals surface area contributed by atoms with Crippen LogP contribution in [0.3, 0.4) is 0 Å². The number of hydrogen-bond donors (Lipinski definition) is 1. The molecule has 5 nitrogen and oxygen atoms in total. The van der Waals surface area contributed by atoms with Crippen LogP contribution in [0.1, 0.15) is 24.6 Å². The van der Waals surface area contributed by atoms with E-state index in [1.165, 1.54) is 12.8 Å². The van der Waals surface area contributed by atoms with Crippen molar-refractivity contribution in [3.05, 3.63) is 24.2 Å². The SMILES string of the molecule is Nc1ccc(-c2nc(C3CC3)no2)cn1. The molecule has 2 N–H and O–H groups in total. The zero-order valence-electron chi connectivity index (χ0n) is 8.05. The van der Waals surface area contributed by atoms with Gasteiger partial charge < -0.3 is 10.3 Å². The van der Waals surface area contributed by atoms with Gasteiger partial charge in [-0.15, -0.1) is 0 Å². The highest BCUT2D eigenvalue weighted by Crippen LogP contribution is 2.38. The molecule has 1 aliphatic carbocycles. The molecule has 0 radical (unpaired) electrons. The Balaban J connectivity index is 1.93. The highest BCUT2D eigenvalue weighted by Gasteiger charge is 2.28. The zero-order chi connectivity index (χ0) is 10.3. The molecular weight excluding hydrogens is 192 g/mol. The molecule has 1 fully saturated rings. The highest BCUT2D eigenvalue weighted by atomic mass is 16.5. The molecule has 15 heavy (non-hydrogen) atoms. The van der Waals surface area contributed by atoms with Crippen molar-refractivity contribution in [3.63, 3.8) is 0 Å². The average molecular weight is 202 g/mol. The molecule has 2 heterocycles. The van der Waals surface area contributed by atoms with Crippen LogP contribution in [0.5, 0.6) is 0 Å². The first-order valence-electron chi connectivity index (χ1n) is 4.88. The number of pyridine rings is 1. The fraction of sp³-hybridized carbons (Fsp3) is 0.300. The molecule has 0 spiro atoms. The second-order valence-electron chi connectivity index (χ2n) is 3.70. The maximum atomic E-state index is 5.49. The first-order valence-corrected chi connectivity index (χ1v) is 4.88. The smallest absolute Gasteiger partial charge is 0.259 e. The van der Waals surface area contributed by atoms with Crippen molar-refractivity contribution in [3.8, 4) is 11.5 Å². The number of nitrogens with zero attached hydrogens (tertiary/aromatic N) is 3. The molecule has 5 heteroatoms. The van der Waals surface area contributed by atoms with Crippen LogP contribution >= 0.6 is 0 Å². The largest absolute Gasteiger partial charge is 0.384 e. The van der Waals surface area contributed by atoms with Crippen LogP contribution in [0, 0.1) is 0 Å². The minimum atomic E-state index is 0.487. The van der Waals surface area contributed by atoms with Gasteiger partial charge in [0.1, 0.15) is 5.82 Å². The maximum absolute atomic E-state index is 5.49. The predicted molar refractivity (Wildman–Crippen MR) is 53.9 cm³/mol. The Morgan fingerprint density at radius 1 is 1.33 bits per heavy atom. The summed E-state index contributed by atoms with van der Waals surface area (Å²) in [4.78, 5) is 8.29. The van der Waals surface area contributed by atoms with E-state index in [0.29, 0.717) is 17.6 Å². The predicted octanol–water partition coefficient (Wildman–Crippen LogP) is 1.59. The van der Waals surface area contributed by atoms with Crippen molar-refractivity contribution in [1.82, 2.24) is 15.1 Å². The molecule has 0 aromatic carbocycles. The molecule has 0 amide bonds. The van der Waals surface area contributed by atoms with Gasteiger partial charge in [0.2, 0.25) is 0 Å². The van der Waals surface area contributed by atoms with Crippen LogP contribution in [-0.2, 0) is 0 Å².